The van der Waals surface area contributed by atoms with Gasteiger partial charge in [-0.1, -0.05) is 44.5 Å². The lowest BCUT2D eigenvalue weighted by atomic mass is 10.1. The van der Waals surface area contributed by atoms with E-state index in [4.69, 9.17) is 16.3 Å². The predicted octanol–water partition coefficient (Wildman–Crippen LogP) is 4.05. The van der Waals surface area contributed by atoms with Crippen LogP contribution < -0.4 is 5.32 Å². The first-order valence-electron chi connectivity index (χ1n) is 6.71. The Kier molecular flexibility index (Phi) is 7.33. The molecule has 0 aliphatic rings. The van der Waals surface area contributed by atoms with Gasteiger partial charge in [0.2, 0.25) is 0 Å². The molecule has 0 amide bonds. The molecule has 0 spiro atoms. The zero-order valence-electron chi connectivity index (χ0n) is 11.6. The lowest BCUT2D eigenvalue weighted by molar-refractivity contribution is 0.0353. The molecule has 0 bridgehead atoms. The van der Waals surface area contributed by atoms with Crippen LogP contribution in [0.5, 0.6) is 0 Å². The fraction of sp³-hybridized carbons (Fsp3) is 0.600. The highest BCUT2D eigenvalue weighted by Gasteiger charge is 2.12. The summed E-state index contributed by atoms with van der Waals surface area (Å²) in [5, 5.41) is 4.18. The number of hydrogen-bond donors (Lipinski definition) is 1. The van der Waals surface area contributed by atoms with E-state index in [1.807, 2.05) is 24.3 Å². The van der Waals surface area contributed by atoms with Crippen molar-refractivity contribution in [1.29, 1.82) is 0 Å². The van der Waals surface area contributed by atoms with Crippen LogP contribution in [0, 0.1) is 5.92 Å². The number of ether oxygens (including phenoxy) is 1. The molecule has 1 N–H and O–H groups in total. The van der Waals surface area contributed by atoms with Crippen molar-refractivity contribution in [2.75, 3.05) is 19.7 Å². The van der Waals surface area contributed by atoms with Gasteiger partial charge in [-0.15, -0.1) is 0 Å². The number of halogens is 1. The number of nitrogens with one attached hydrogen (secondary N) is 1. The lowest BCUT2D eigenvalue weighted by Crippen LogP contribution is -2.25. The second-order valence-corrected chi connectivity index (χ2v) is 5.41. The van der Waals surface area contributed by atoms with Crippen molar-refractivity contribution in [2.24, 2.45) is 5.92 Å². The summed E-state index contributed by atoms with van der Waals surface area (Å²) < 4.78 is 5.97. The van der Waals surface area contributed by atoms with Crippen molar-refractivity contribution >= 4 is 11.6 Å². The number of hydrogen-bond acceptors (Lipinski definition) is 2. The van der Waals surface area contributed by atoms with Crippen LogP contribution in [0.1, 0.15) is 38.9 Å². The number of rotatable bonds is 8. The van der Waals surface area contributed by atoms with E-state index in [9.17, 15) is 0 Å². The van der Waals surface area contributed by atoms with Crippen LogP contribution in [-0.2, 0) is 4.74 Å². The van der Waals surface area contributed by atoms with E-state index in [0.29, 0.717) is 5.92 Å². The molecule has 0 aromatic heterocycles. The zero-order valence-corrected chi connectivity index (χ0v) is 12.3. The summed E-state index contributed by atoms with van der Waals surface area (Å²) >= 11 is 5.91. The Morgan fingerprint density at radius 1 is 1.22 bits per heavy atom. The molecule has 1 atom stereocenters. The largest absolute Gasteiger partial charge is 0.372 e. The van der Waals surface area contributed by atoms with Gasteiger partial charge >= 0.3 is 0 Å². The molecule has 18 heavy (non-hydrogen) atoms. The molecule has 0 fully saturated rings. The molecule has 0 heterocycles. The van der Waals surface area contributed by atoms with Gasteiger partial charge in [-0.3, -0.25) is 0 Å². The minimum Gasteiger partial charge on any atom is -0.372 e. The standard InChI is InChI=1S/C15H24ClNO/c1-4-9-17-10-15(18-11-12(2)3)13-5-7-14(16)8-6-13/h5-8,12,15,17H,4,9-11H2,1-3H3. The molecular weight excluding hydrogens is 246 g/mol. The van der Waals surface area contributed by atoms with E-state index < -0.39 is 0 Å². The van der Waals surface area contributed by atoms with Crippen LogP contribution in [-0.4, -0.2) is 19.7 Å². The maximum atomic E-state index is 5.97. The average Bonchev–Trinajstić information content (AvgIpc) is 2.34. The summed E-state index contributed by atoms with van der Waals surface area (Å²) in [6.07, 6.45) is 1.24. The minimum absolute atomic E-state index is 0.108. The molecular formula is C15H24ClNO. The Hall–Kier alpha value is -0.570. The molecule has 2 nitrogen and oxygen atoms in total. The fourth-order valence-corrected chi connectivity index (χ4v) is 1.79. The smallest absolute Gasteiger partial charge is 0.0949 e. The first-order valence-corrected chi connectivity index (χ1v) is 7.09. The number of benzene rings is 1. The van der Waals surface area contributed by atoms with Gasteiger partial charge in [0.25, 0.3) is 0 Å². The molecule has 1 unspecified atom stereocenters. The zero-order chi connectivity index (χ0) is 13.4. The van der Waals surface area contributed by atoms with Crippen LogP contribution in [0.4, 0.5) is 0 Å². The van der Waals surface area contributed by atoms with E-state index >= 15 is 0 Å². The second kappa shape index (κ2) is 8.52. The maximum absolute atomic E-state index is 5.97. The van der Waals surface area contributed by atoms with Crippen molar-refractivity contribution < 1.29 is 4.74 Å². The summed E-state index contributed by atoms with van der Waals surface area (Å²) in [6.45, 7) is 9.15. The summed E-state index contributed by atoms with van der Waals surface area (Å²) in [4.78, 5) is 0. The molecule has 0 saturated heterocycles. The van der Waals surface area contributed by atoms with Gasteiger partial charge in [0, 0.05) is 18.2 Å². The van der Waals surface area contributed by atoms with Gasteiger partial charge in [-0.05, 0) is 36.6 Å². The lowest BCUT2D eigenvalue weighted by Gasteiger charge is -2.20. The highest BCUT2D eigenvalue weighted by Crippen LogP contribution is 2.20. The quantitative estimate of drug-likeness (QED) is 0.719. The maximum Gasteiger partial charge on any atom is 0.0949 e. The highest BCUT2D eigenvalue weighted by atomic mass is 35.5. The van der Waals surface area contributed by atoms with E-state index in [2.05, 4.69) is 26.1 Å². The Labute approximate surface area is 116 Å². The summed E-state index contributed by atoms with van der Waals surface area (Å²) in [5.41, 5.74) is 1.18. The van der Waals surface area contributed by atoms with Gasteiger partial charge in [0.15, 0.2) is 0 Å². The third-order valence-corrected chi connectivity index (χ3v) is 2.88. The van der Waals surface area contributed by atoms with Crippen LogP contribution >= 0.6 is 11.6 Å². The monoisotopic (exact) mass is 269 g/mol. The van der Waals surface area contributed by atoms with Gasteiger partial charge in [-0.25, -0.2) is 0 Å². The third kappa shape index (κ3) is 5.85. The van der Waals surface area contributed by atoms with Gasteiger partial charge in [0.1, 0.15) is 0 Å². The van der Waals surface area contributed by atoms with Crippen molar-refractivity contribution in [2.45, 2.75) is 33.3 Å². The fourth-order valence-electron chi connectivity index (χ4n) is 1.67. The average molecular weight is 270 g/mol. The Morgan fingerprint density at radius 2 is 1.89 bits per heavy atom. The molecule has 0 saturated carbocycles. The van der Waals surface area contributed by atoms with Crippen LogP contribution in [0.25, 0.3) is 0 Å². The van der Waals surface area contributed by atoms with Crippen molar-refractivity contribution in [3.05, 3.63) is 34.9 Å². The van der Waals surface area contributed by atoms with Crippen LogP contribution in [0.3, 0.4) is 0 Å². The van der Waals surface area contributed by atoms with Gasteiger partial charge in [0.05, 0.1) is 6.10 Å². The summed E-state index contributed by atoms with van der Waals surface area (Å²) in [5.74, 6) is 0.547. The van der Waals surface area contributed by atoms with Crippen LogP contribution in [0.15, 0.2) is 24.3 Å². The second-order valence-electron chi connectivity index (χ2n) is 4.97. The SMILES string of the molecule is CCCNCC(OCC(C)C)c1ccc(Cl)cc1. The summed E-state index contributed by atoms with van der Waals surface area (Å²) in [7, 11) is 0. The molecule has 1 aromatic carbocycles. The van der Waals surface area contributed by atoms with E-state index in [1.54, 1.807) is 0 Å². The Bertz CT molecular complexity index is 324. The molecule has 1 rings (SSSR count). The van der Waals surface area contributed by atoms with Gasteiger partial charge in [-0.2, -0.15) is 0 Å². The van der Waals surface area contributed by atoms with Crippen molar-refractivity contribution in [3.63, 3.8) is 0 Å². The normalized spacial score (nSPS) is 12.9. The first-order chi connectivity index (χ1) is 8.63. The minimum atomic E-state index is 0.108. The first kappa shape index (κ1) is 15.5. The van der Waals surface area contributed by atoms with Crippen molar-refractivity contribution in [1.82, 2.24) is 5.32 Å². The third-order valence-electron chi connectivity index (χ3n) is 2.63. The Balaban J connectivity index is 2.60. The molecule has 0 aliphatic carbocycles. The molecule has 0 aliphatic heterocycles. The topological polar surface area (TPSA) is 21.3 Å². The van der Waals surface area contributed by atoms with Crippen LogP contribution in [0.2, 0.25) is 5.02 Å². The molecule has 0 radical (unpaired) electrons. The predicted molar refractivity (Wildman–Crippen MR) is 78.1 cm³/mol. The molecule has 102 valence electrons. The van der Waals surface area contributed by atoms with E-state index in [1.165, 1.54) is 5.56 Å². The van der Waals surface area contributed by atoms with E-state index in [0.717, 1.165) is 31.1 Å². The van der Waals surface area contributed by atoms with E-state index in [-0.39, 0.29) is 6.10 Å². The molecule has 3 heteroatoms. The summed E-state index contributed by atoms with van der Waals surface area (Å²) in [6, 6.07) is 7.92. The van der Waals surface area contributed by atoms with Gasteiger partial charge < -0.3 is 10.1 Å². The highest BCUT2D eigenvalue weighted by molar-refractivity contribution is 6.30. The molecule has 1 aromatic rings. The Morgan fingerprint density at radius 3 is 2.44 bits per heavy atom. The van der Waals surface area contributed by atoms with Crippen molar-refractivity contribution in [3.8, 4) is 0 Å².